The number of ether oxygens (including phenoxy) is 1. The van der Waals surface area contributed by atoms with Gasteiger partial charge in [-0.15, -0.1) is 11.3 Å². The fourth-order valence-corrected chi connectivity index (χ4v) is 4.73. The first-order valence-electron chi connectivity index (χ1n) is 8.86. The Labute approximate surface area is 164 Å². The number of hydrogen-bond acceptors (Lipinski definition) is 7. The molecule has 2 N–H and O–H groups in total. The summed E-state index contributed by atoms with van der Waals surface area (Å²) in [5, 5.41) is 17.8. The molecule has 28 heavy (non-hydrogen) atoms. The van der Waals surface area contributed by atoms with Gasteiger partial charge >= 0.3 is 6.09 Å². The molecular weight excluding hydrogens is 384 g/mol. The van der Waals surface area contributed by atoms with Crippen LogP contribution in [0.15, 0.2) is 24.3 Å². The Hall–Kier alpha value is -3.14. The molecule has 0 unspecified atom stereocenters. The summed E-state index contributed by atoms with van der Waals surface area (Å²) in [5.74, 6) is -0.181. The lowest BCUT2D eigenvalue weighted by atomic mass is 10.0. The normalized spacial score (nSPS) is 17.8. The maximum Gasteiger partial charge on any atom is 0.410 e. The molecule has 0 saturated carbocycles. The van der Waals surface area contributed by atoms with Gasteiger partial charge in [0.1, 0.15) is 11.2 Å². The number of nitro benzene ring substituents is 1. The van der Waals surface area contributed by atoms with E-state index in [1.807, 2.05) is 0 Å². The average molecular weight is 402 g/mol. The monoisotopic (exact) mass is 402 g/mol. The number of carbonyl (C=O) groups is 2. The standard InChI is InChI=1S/C18H18N4O5S/c1-2-27-18(24)21-8-7-12-13(9-21)28-17-14(12)16(23)19-15(20-17)10-3-5-11(6-4-10)22(25)26/h3-6,15,20H,2,7-9H2,1H3,(H,19,23)/t15-/m1/s1. The second-order valence-electron chi connectivity index (χ2n) is 6.48. The van der Waals surface area contributed by atoms with Gasteiger partial charge in [0.05, 0.1) is 23.6 Å². The lowest BCUT2D eigenvalue weighted by Gasteiger charge is -2.28. The molecule has 146 valence electrons. The van der Waals surface area contributed by atoms with Crippen molar-refractivity contribution in [2.24, 2.45) is 0 Å². The highest BCUT2D eigenvalue weighted by atomic mass is 32.1. The molecular formula is C18H18N4O5S. The Morgan fingerprint density at radius 3 is 2.79 bits per heavy atom. The predicted molar refractivity (Wildman–Crippen MR) is 102 cm³/mol. The van der Waals surface area contributed by atoms with E-state index < -0.39 is 11.1 Å². The minimum atomic E-state index is -0.470. The second kappa shape index (κ2) is 7.12. The van der Waals surface area contributed by atoms with E-state index in [2.05, 4.69) is 10.6 Å². The van der Waals surface area contributed by atoms with Crippen molar-refractivity contribution >= 4 is 34.0 Å². The van der Waals surface area contributed by atoms with Gasteiger partial charge in [-0.3, -0.25) is 14.9 Å². The van der Waals surface area contributed by atoms with Gasteiger partial charge in [-0.05, 0) is 36.6 Å². The zero-order chi connectivity index (χ0) is 19.8. The van der Waals surface area contributed by atoms with Crippen molar-refractivity contribution in [2.75, 3.05) is 18.5 Å². The SMILES string of the molecule is CCOC(=O)N1CCc2c(sc3c2C(=O)N[C@@H](c2ccc([N+](=O)[O-])cc2)N3)C1. The van der Waals surface area contributed by atoms with Crippen LogP contribution in [0.5, 0.6) is 0 Å². The maximum absolute atomic E-state index is 12.7. The summed E-state index contributed by atoms with van der Waals surface area (Å²) in [6, 6.07) is 6.07. The van der Waals surface area contributed by atoms with Gasteiger partial charge in [-0.2, -0.15) is 0 Å². The van der Waals surface area contributed by atoms with E-state index in [1.54, 1.807) is 24.0 Å². The third-order valence-corrected chi connectivity index (χ3v) is 5.95. The molecule has 2 aliphatic heterocycles. The van der Waals surface area contributed by atoms with Crippen molar-refractivity contribution in [1.29, 1.82) is 0 Å². The van der Waals surface area contributed by atoms with E-state index in [0.717, 1.165) is 21.0 Å². The minimum Gasteiger partial charge on any atom is -0.450 e. The molecule has 0 radical (unpaired) electrons. The summed E-state index contributed by atoms with van der Waals surface area (Å²) in [5.41, 5.74) is 2.32. The number of rotatable bonds is 3. The number of hydrogen-bond donors (Lipinski definition) is 2. The van der Waals surface area contributed by atoms with Crippen molar-refractivity contribution in [3.8, 4) is 0 Å². The summed E-state index contributed by atoms with van der Waals surface area (Å²) in [4.78, 5) is 37.7. The number of nitro groups is 1. The van der Waals surface area contributed by atoms with Gasteiger partial charge < -0.3 is 20.3 Å². The number of thiophene rings is 1. The van der Waals surface area contributed by atoms with Crippen molar-refractivity contribution in [1.82, 2.24) is 10.2 Å². The lowest BCUT2D eigenvalue weighted by molar-refractivity contribution is -0.384. The van der Waals surface area contributed by atoms with Crippen molar-refractivity contribution in [2.45, 2.75) is 26.1 Å². The zero-order valence-corrected chi connectivity index (χ0v) is 15.9. The van der Waals surface area contributed by atoms with Crippen LogP contribution in [0.25, 0.3) is 0 Å². The Balaban J connectivity index is 1.57. The zero-order valence-electron chi connectivity index (χ0n) is 15.1. The number of fused-ring (bicyclic) bond motifs is 3. The van der Waals surface area contributed by atoms with Crippen molar-refractivity contribution in [3.05, 3.63) is 55.9 Å². The third-order valence-electron chi connectivity index (χ3n) is 4.80. The van der Waals surface area contributed by atoms with Crippen LogP contribution in [0, 0.1) is 10.1 Å². The predicted octanol–water partition coefficient (Wildman–Crippen LogP) is 3.03. The van der Waals surface area contributed by atoms with Crippen LogP contribution in [0.4, 0.5) is 15.5 Å². The highest BCUT2D eigenvalue weighted by Crippen LogP contribution is 2.40. The Morgan fingerprint density at radius 2 is 2.11 bits per heavy atom. The molecule has 0 bridgehead atoms. The number of amides is 2. The Kier molecular flexibility index (Phi) is 4.63. The summed E-state index contributed by atoms with van der Waals surface area (Å²) >= 11 is 1.46. The van der Waals surface area contributed by atoms with Gasteiger partial charge in [0.25, 0.3) is 11.6 Å². The highest BCUT2D eigenvalue weighted by Gasteiger charge is 2.34. The van der Waals surface area contributed by atoms with E-state index in [9.17, 15) is 19.7 Å². The first-order chi connectivity index (χ1) is 13.5. The fraction of sp³-hybridized carbons (Fsp3) is 0.333. The third kappa shape index (κ3) is 3.15. The Bertz CT molecular complexity index is 956. The first-order valence-corrected chi connectivity index (χ1v) is 9.67. The number of anilines is 1. The summed E-state index contributed by atoms with van der Waals surface area (Å²) in [7, 11) is 0. The summed E-state index contributed by atoms with van der Waals surface area (Å²) in [6.07, 6.45) is -0.222. The van der Waals surface area contributed by atoms with Crippen LogP contribution in [0.1, 0.15) is 39.5 Å². The van der Waals surface area contributed by atoms with E-state index in [4.69, 9.17) is 4.74 Å². The van der Waals surface area contributed by atoms with E-state index >= 15 is 0 Å². The Morgan fingerprint density at radius 1 is 1.36 bits per heavy atom. The smallest absolute Gasteiger partial charge is 0.410 e. The molecule has 0 saturated heterocycles. The van der Waals surface area contributed by atoms with E-state index in [1.165, 1.54) is 23.5 Å². The highest BCUT2D eigenvalue weighted by molar-refractivity contribution is 7.16. The molecule has 1 aromatic carbocycles. The molecule has 10 heteroatoms. The molecule has 0 spiro atoms. The van der Waals surface area contributed by atoms with Gasteiger partial charge in [0, 0.05) is 23.6 Å². The van der Waals surface area contributed by atoms with Gasteiger partial charge in [0.2, 0.25) is 0 Å². The van der Waals surface area contributed by atoms with Gasteiger partial charge in [-0.25, -0.2) is 4.79 Å². The average Bonchev–Trinajstić information content (AvgIpc) is 3.06. The number of benzene rings is 1. The largest absolute Gasteiger partial charge is 0.450 e. The quantitative estimate of drug-likeness (QED) is 0.603. The molecule has 1 atom stereocenters. The summed E-state index contributed by atoms with van der Waals surface area (Å²) in [6.45, 7) is 3.02. The van der Waals surface area contributed by atoms with Crippen LogP contribution < -0.4 is 10.6 Å². The first kappa shape index (κ1) is 18.2. The number of carbonyl (C=O) groups excluding carboxylic acids is 2. The van der Waals surface area contributed by atoms with Gasteiger partial charge in [0.15, 0.2) is 0 Å². The molecule has 2 aromatic rings. The summed E-state index contributed by atoms with van der Waals surface area (Å²) < 4.78 is 5.07. The molecule has 9 nitrogen and oxygen atoms in total. The van der Waals surface area contributed by atoms with Crippen LogP contribution in [0.2, 0.25) is 0 Å². The van der Waals surface area contributed by atoms with Crippen molar-refractivity contribution < 1.29 is 19.2 Å². The number of non-ortho nitro benzene ring substituents is 1. The minimum absolute atomic E-state index is 0.00257. The molecule has 1 aromatic heterocycles. The van der Waals surface area contributed by atoms with Gasteiger partial charge in [-0.1, -0.05) is 0 Å². The molecule has 2 aliphatic rings. The van der Waals surface area contributed by atoms with Crippen LogP contribution in [0.3, 0.4) is 0 Å². The van der Waals surface area contributed by atoms with E-state index in [0.29, 0.717) is 31.7 Å². The second-order valence-corrected chi connectivity index (χ2v) is 7.58. The van der Waals surface area contributed by atoms with Crippen LogP contribution >= 0.6 is 11.3 Å². The fourth-order valence-electron chi connectivity index (χ4n) is 3.44. The number of nitrogens with zero attached hydrogens (tertiary/aromatic N) is 2. The molecule has 0 aliphatic carbocycles. The molecule has 4 rings (SSSR count). The molecule has 2 amide bonds. The van der Waals surface area contributed by atoms with Crippen molar-refractivity contribution in [3.63, 3.8) is 0 Å². The van der Waals surface area contributed by atoms with Crippen LogP contribution in [-0.2, 0) is 17.7 Å². The number of nitrogens with one attached hydrogen (secondary N) is 2. The topological polar surface area (TPSA) is 114 Å². The molecule has 3 heterocycles. The van der Waals surface area contributed by atoms with Crippen LogP contribution in [-0.4, -0.2) is 35.0 Å². The maximum atomic E-state index is 12.7. The molecule has 0 fully saturated rings. The lowest BCUT2D eigenvalue weighted by Crippen LogP contribution is -2.39. The van der Waals surface area contributed by atoms with E-state index in [-0.39, 0.29) is 17.7 Å².